The van der Waals surface area contributed by atoms with Crippen LogP contribution in [0.1, 0.15) is 52.7 Å². The molecule has 2 aromatic rings. The first kappa shape index (κ1) is 20.1. The normalized spacial score (nSPS) is 17.8. The van der Waals surface area contributed by atoms with Crippen LogP contribution in [0, 0.1) is 13.8 Å². The Morgan fingerprint density at radius 3 is 2.41 bits per heavy atom. The molecule has 2 heterocycles. The van der Waals surface area contributed by atoms with Crippen LogP contribution in [0.4, 0.5) is 5.69 Å². The lowest BCUT2D eigenvalue weighted by Crippen LogP contribution is -2.37. The van der Waals surface area contributed by atoms with Gasteiger partial charge in [-0.25, -0.2) is 8.42 Å². The lowest BCUT2D eigenvalue weighted by Gasteiger charge is -2.30. The van der Waals surface area contributed by atoms with E-state index in [2.05, 4.69) is 13.0 Å². The number of hydrogen-bond donors (Lipinski definition) is 0. The summed E-state index contributed by atoms with van der Waals surface area (Å²) in [6.07, 6.45) is 4.72. The van der Waals surface area contributed by atoms with Crippen molar-refractivity contribution in [3.05, 3.63) is 58.7 Å². The predicted molar refractivity (Wildman–Crippen MR) is 115 cm³/mol. The highest BCUT2D eigenvalue weighted by atomic mass is 32.2. The molecule has 0 N–H and O–H groups in total. The number of fused-ring (bicyclic) bond motifs is 1. The van der Waals surface area contributed by atoms with Crippen LogP contribution in [0.2, 0.25) is 0 Å². The maximum absolute atomic E-state index is 13.3. The van der Waals surface area contributed by atoms with Crippen LogP contribution in [0.25, 0.3) is 0 Å². The van der Waals surface area contributed by atoms with Crippen molar-refractivity contribution in [2.45, 2.75) is 50.8 Å². The van der Waals surface area contributed by atoms with E-state index in [0.717, 1.165) is 37.8 Å². The average molecular weight is 413 g/mol. The molecule has 0 aliphatic carbocycles. The molecule has 0 radical (unpaired) electrons. The summed E-state index contributed by atoms with van der Waals surface area (Å²) in [4.78, 5) is 15.4. The molecule has 1 amide bonds. The number of nitrogens with zero attached hydrogens (tertiary/aromatic N) is 2. The standard InChI is InChI=1S/C23H28N2O3S/c1-17-8-11-21-19(15-17)7-6-14-25(21)23(26)20-10-9-18(2)22(16-20)29(27,28)24-12-4-3-5-13-24/h8-11,15-16H,3-7,12-14H2,1-2H3. The molecule has 0 saturated carbocycles. The van der Waals surface area contributed by atoms with Crippen molar-refractivity contribution in [2.24, 2.45) is 0 Å². The van der Waals surface area contributed by atoms with Gasteiger partial charge < -0.3 is 4.90 Å². The number of aryl methyl sites for hydroxylation is 3. The fraction of sp³-hybridized carbons (Fsp3) is 0.435. The van der Waals surface area contributed by atoms with Gasteiger partial charge in [0, 0.05) is 30.9 Å². The number of carbonyl (C=O) groups excluding carboxylic acids is 1. The molecular weight excluding hydrogens is 384 g/mol. The summed E-state index contributed by atoms with van der Waals surface area (Å²) in [5.74, 6) is -0.134. The van der Waals surface area contributed by atoms with Gasteiger partial charge in [-0.05, 0) is 68.9 Å². The Morgan fingerprint density at radius 2 is 1.66 bits per heavy atom. The zero-order valence-corrected chi connectivity index (χ0v) is 18.0. The summed E-state index contributed by atoms with van der Waals surface area (Å²) >= 11 is 0. The molecule has 2 aromatic carbocycles. The van der Waals surface area contributed by atoms with Crippen molar-refractivity contribution in [3.8, 4) is 0 Å². The van der Waals surface area contributed by atoms with Crippen molar-refractivity contribution in [2.75, 3.05) is 24.5 Å². The molecule has 0 aromatic heterocycles. The number of sulfonamides is 1. The first-order valence-corrected chi connectivity index (χ1v) is 11.8. The van der Waals surface area contributed by atoms with E-state index in [4.69, 9.17) is 0 Å². The number of benzene rings is 2. The van der Waals surface area contributed by atoms with Crippen molar-refractivity contribution in [3.63, 3.8) is 0 Å². The molecule has 2 aliphatic heterocycles. The van der Waals surface area contributed by atoms with Crippen molar-refractivity contribution < 1.29 is 13.2 Å². The van der Waals surface area contributed by atoms with Crippen LogP contribution in [0.5, 0.6) is 0 Å². The monoisotopic (exact) mass is 412 g/mol. The van der Waals surface area contributed by atoms with Crippen molar-refractivity contribution in [1.29, 1.82) is 0 Å². The van der Waals surface area contributed by atoms with Gasteiger partial charge >= 0.3 is 0 Å². The average Bonchev–Trinajstić information content (AvgIpc) is 2.73. The maximum atomic E-state index is 13.3. The van der Waals surface area contributed by atoms with Crippen molar-refractivity contribution >= 4 is 21.6 Å². The summed E-state index contributed by atoms with van der Waals surface area (Å²) < 4.78 is 28.0. The second-order valence-corrected chi connectivity index (χ2v) is 10.0. The summed E-state index contributed by atoms with van der Waals surface area (Å²) in [5.41, 5.74) is 4.41. The van der Waals surface area contributed by atoms with Crippen LogP contribution >= 0.6 is 0 Å². The predicted octanol–water partition coefficient (Wildman–Crippen LogP) is 4.07. The molecule has 0 bridgehead atoms. The minimum absolute atomic E-state index is 0.134. The van der Waals surface area contributed by atoms with Crippen LogP contribution < -0.4 is 4.90 Å². The topological polar surface area (TPSA) is 57.7 Å². The van der Waals surface area contributed by atoms with Gasteiger partial charge in [-0.15, -0.1) is 0 Å². The van der Waals surface area contributed by atoms with Crippen LogP contribution in [-0.2, 0) is 16.4 Å². The SMILES string of the molecule is Cc1ccc2c(c1)CCCN2C(=O)c1ccc(C)c(S(=O)(=O)N2CCCCC2)c1. The Bertz CT molecular complexity index is 1040. The highest BCUT2D eigenvalue weighted by Gasteiger charge is 2.29. The number of anilines is 1. The molecule has 6 heteroatoms. The van der Waals surface area contributed by atoms with Crippen molar-refractivity contribution in [1.82, 2.24) is 4.31 Å². The minimum atomic E-state index is -3.58. The van der Waals surface area contributed by atoms with Crippen LogP contribution in [-0.4, -0.2) is 38.3 Å². The largest absolute Gasteiger partial charge is 0.308 e. The Morgan fingerprint density at radius 1 is 0.897 bits per heavy atom. The van der Waals surface area contributed by atoms with E-state index in [9.17, 15) is 13.2 Å². The number of carbonyl (C=O) groups is 1. The Kier molecular flexibility index (Phi) is 5.49. The van der Waals surface area contributed by atoms with E-state index in [1.165, 1.54) is 11.1 Å². The quantitative estimate of drug-likeness (QED) is 0.764. The zero-order valence-electron chi connectivity index (χ0n) is 17.1. The zero-order chi connectivity index (χ0) is 20.6. The van der Waals surface area contributed by atoms with E-state index in [1.54, 1.807) is 34.3 Å². The lowest BCUT2D eigenvalue weighted by molar-refractivity contribution is 0.0985. The third kappa shape index (κ3) is 3.83. The van der Waals surface area contributed by atoms with E-state index < -0.39 is 10.0 Å². The molecular formula is C23H28N2O3S. The summed E-state index contributed by atoms with van der Waals surface area (Å²) in [6, 6.07) is 11.2. The van der Waals surface area contributed by atoms with Gasteiger partial charge in [-0.2, -0.15) is 4.31 Å². The van der Waals surface area contributed by atoms with Gasteiger partial charge in [0.1, 0.15) is 0 Å². The number of rotatable bonds is 3. The number of piperidine rings is 1. The fourth-order valence-corrected chi connectivity index (χ4v) is 6.12. The van der Waals surface area contributed by atoms with Gasteiger partial charge in [-0.3, -0.25) is 4.79 Å². The molecule has 4 rings (SSSR count). The first-order valence-electron chi connectivity index (χ1n) is 10.4. The number of amides is 1. The van der Waals surface area contributed by atoms with Crippen LogP contribution in [0.15, 0.2) is 41.3 Å². The molecule has 2 aliphatic rings. The van der Waals surface area contributed by atoms with Gasteiger partial charge in [0.05, 0.1) is 4.90 Å². The molecule has 29 heavy (non-hydrogen) atoms. The Balaban J connectivity index is 1.69. The Labute approximate surface area is 173 Å². The summed E-state index contributed by atoms with van der Waals surface area (Å²) in [6.45, 7) is 5.61. The van der Waals surface area contributed by atoms with Crippen LogP contribution in [0.3, 0.4) is 0 Å². The van der Waals surface area contributed by atoms with E-state index >= 15 is 0 Å². The Hall–Kier alpha value is -2.18. The van der Waals surface area contributed by atoms with E-state index in [0.29, 0.717) is 30.8 Å². The third-order valence-corrected chi connectivity index (χ3v) is 8.01. The molecule has 5 nitrogen and oxygen atoms in total. The minimum Gasteiger partial charge on any atom is -0.308 e. The maximum Gasteiger partial charge on any atom is 0.258 e. The van der Waals surface area contributed by atoms with E-state index in [1.807, 2.05) is 12.1 Å². The second kappa shape index (κ2) is 7.92. The van der Waals surface area contributed by atoms with Gasteiger partial charge in [0.2, 0.25) is 10.0 Å². The molecule has 0 spiro atoms. The first-order chi connectivity index (χ1) is 13.9. The summed E-state index contributed by atoms with van der Waals surface area (Å²) in [5, 5.41) is 0. The molecule has 0 unspecified atom stereocenters. The molecule has 1 fully saturated rings. The third-order valence-electron chi connectivity index (χ3n) is 5.97. The highest BCUT2D eigenvalue weighted by molar-refractivity contribution is 7.89. The van der Waals surface area contributed by atoms with E-state index in [-0.39, 0.29) is 10.8 Å². The van der Waals surface area contributed by atoms with Gasteiger partial charge in [0.25, 0.3) is 5.91 Å². The highest BCUT2D eigenvalue weighted by Crippen LogP contribution is 2.30. The van der Waals surface area contributed by atoms with Gasteiger partial charge in [-0.1, -0.05) is 30.2 Å². The number of hydrogen-bond acceptors (Lipinski definition) is 3. The molecule has 1 saturated heterocycles. The summed E-state index contributed by atoms with van der Waals surface area (Å²) in [7, 11) is -3.58. The van der Waals surface area contributed by atoms with Gasteiger partial charge in [0.15, 0.2) is 0 Å². The molecule has 154 valence electrons. The fourth-order valence-electron chi connectivity index (χ4n) is 4.35. The molecule has 0 atom stereocenters. The second-order valence-electron chi connectivity index (χ2n) is 8.14. The smallest absolute Gasteiger partial charge is 0.258 e. The lowest BCUT2D eigenvalue weighted by atomic mass is 9.98.